The van der Waals surface area contributed by atoms with Crippen molar-refractivity contribution in [2.75, 3.05) is 31.1 Å². The summed E-state index contributed by atoms with van der Waals surface area (Å²) in [6.45, 7) is 5.22. The van der Waals surface area contributed by atoms with Gasteiger partial charge in [0.2, 0.25) is 5.91 Å². The summed E-state index contributed by atoms with van der Waals surface area (Å²) in [7, 11) is 0. The summed E-state index contributed by atoms with van der Waals surface area (Å²) < 4.78 is 34.0. The number of hydrogen-bond donors (Lipinski definition) is 0. The minimum absolute atomic E-state index is 0.0192. The van der Waals surface area contributed by atoms with Gasteiger partial charge in [0.15, 0.2) is 11.5 Å². The number of aryl methyl sites for hydroxylation is 1. The lowest BCUT2D eigenvalue weighted by molar-refractivity contribution is -0.129. The molecule has 7 nitrogen and oxygen atoms in total. The van der Waals surface area contributed by atoms with E-state index in [4.69, 9.17) is 4.74 Å². The number of halogens is 2. The Bertz CT molecular complexity index is 1340. The number of carbonyl (C=O) groups is 2. The highest BCUT2D eigenvalue weighted by Crippen LogP contribution is 2.43. The van der Waals surface area contributed by atoms with E-state index in [0.29, 0.717) is 55.1 Å². The van der Waals surface area contributed by atoms with Gasteiger partial charge in [-0.3, -0.25) is 9.78 Å². The van der Waals surface area contributed by atoms with Gasteiger partial charge in [0.25, 0.3) is 6.43 Å². The van der Waals surface area contributed by atoms with Crippen LogP contribution in [0.3, 0.4) is 0 Å². The molecule has 1 saturated heterocycles. The molecule has 5 rings (SSSR count). The van der Waals surface area contributed by atoms with Crippen molar-refractivity contribution in [3.05, 3.63) is 58.9 Å². The van der Waals surface area contributed by atoms with E-state index in [1.807, 2.05) is 17.0 Å². The van der Waals surface area contributed by atoms with Crippen LogP contribution in [0.25, 0.3) is 10.9 Å². The zero-order valence-corrected chi connectivity index (χ0v) is 21.0. The van der Waals surface area contributed by atoms with Crippen molar-refractivity contribution < 1.29 is 23.1 Å². The van der Waals surface area contributed by atoms with Crippen molar-refractivity contribution in [2.24, 2.45) is 0 Å². The lowest BCUT2D eigenvalue weighted by atomic mass is 9.83. The summed E-state index contributed by atoms with van der Waals surface area (Å²) in [4.78, 5) is 37.1. The van der Waals surface area contributed by atoms with Crippen LogP contribution in [0, 0.1) is 0 Å². The number of carbonyl (C=O) groups excluding carboxylic acids is 2. The van der Waals surface area contributed by atoms with E-state index in [-0.39, 0.29) is 29.7 Å². The molecule has 0 atom stereocenters. The number of nitrogens with zero attached hydrogens (tertiary/aromatic N) is 4. The van der Waals surface area contributed by atoms with Crippen LogP contribution in [0.2, 0.25) is 0 Å². The third kappa shape index (κ3) is 4.86. The number of aromatic nitrogens is 2. The molecular formula is C28H30F2N4O3. The number of fused-ring (bicyclic) bond motifs is 2. The second-order valence-electron chi connectivity index (χ2n) is 9.57. The first-order chi connectivity index (χ1) is 17.9. The van der Waals surface area contributed by atoms with Gasteiger partial charge in [-0.2, -0.15) is 0 Å². The Morgan fingerprint density at radius 3 is 2.65 bits per heavy atom. The van der Waals surface area contributed by atoms with E-state index in [2.05, 4.69) is 9.97 Å². The first kappa shape index (κ1) is 25.0. The van der Waals surface area contributed by atoms with Gasteiger partial charge in [0, 0.05) is 49.4 Å². The lowest BCUT2D eigenvalue weighted by Gasteiger charge is -2.35. The summed E-state index contributed by atoms with van der Waals surface area (Å²) in [5.41, 5.74) is 3.11. The number of likely N-dealkylation sites (tertiary alicyclic amines) is 1. The summed E-state index contributed by atoms with van der Waals surface area (Å²) in [5.74, 6) is -0.0721. The van der Waals surface area contributed by atoms with Gasteiger partial charge in [-0.15, -0.1) is 0 Å². The van der Waals surface area contributed by atoms with Gasteiger partial charge < -0.3 is 14.5 Å². The molecule has 0 saturated carbocycles. The van der Waals surface area contributed by atoms with E-state index in [1.165, 1.54) is 0 Å². The molecule has 0 aliphatic carbocycles. The maximum atomic E-state index is 14.4. The Labute approximate surface area is 214 Å². The molecule has 9 heteroatoms. The zero-order valence-electron chi connectivity index (χ0n) is 21.0. The van der Waals surface area contributed by atoms with Crippen LogP contribution in [0.15, 0.2) is 36.5 Å². The molecule has 4 heterocycles. The molecule has 37 heavy (non-hydrogen) atoms. The molecule has 1 amide bonds. The molecule has 0 unspecified atom stereocenters. The molecule has 3 aromatic rings. The van der Waals surface area contributed by atoms with Crippen molar-refractivity contribution >= 4 is 34.3 Å². The third-order valence-corrected chi connectivity index (χ3v) is 7.33. The highest BCUT2D eigenvalue weighted by atomic mass is 19.3. The first-order valence-electron chi connectivity index (χ1n) is 12.8. The molecule has 0 spiro atoms. The summed E-state index contributed by atoms with van der Waals surface area (Å²) >= 11 is 0. The van der Waals surface area contributed by atoms with E-state index in [0.717, 1.165) is 23.8 Å². The Kier molecular flexibility index (Phi) is 7.04. The Morgan fingerprint density at radius 2 is 1.95 bits per heavy atom. The topological polar surface area (TPSA) is 75.6 Å². The number of amides is 1. The monoisotopic (exact) mass is 508 g/mol. The van der Waals surface area contributed by atoms with Gasteiger partial charge in [-0.25, -0.2) is 18.6 Å². The highest BCUT2D eigenvalue weighted by Gasteiger charge is 2.30. The molecule has 0 bridgehead atoms. The third-order valence-electron chi connectivity index (χ3n) is 7.33. The van der Waals surface area contributed by atoms with Crippen molar-refractivity contribution in [3.63, 3.8) is 0 Å². The predicted molar refractivity (Wildman–Crippen MR) is 136 cm³/mol. The summed E-state index contributed by atoms with van der Waals surface area (Å²) in [6.07, 6.45) is 1.92. The number of piperidine rings is 1. The van der Waals surface area contributed by atoms with Crippen molar-refractivity contribution in [3.8, 4) is 0 Å². The molecule has 2 aliphatic heterocycles. The fourth-order valence-electron chi connectivity index (χ4n) is 5.50. The summed E-state index contributed by atoms with van der Waals surface area (Å²) in [5, 5.41) is 0.727. The van der Waals surface area contributed by atoms with Crippen LogP contribution >= 0.6 is 0 Å². The van der Waals surface area contributed by atoms with Gasteiger partial charge in [0.05, 0.1) is 6.61 Å². The number of alkyl halides is 2. The Morgan fingerprint density at radius 1 is 1.16 bits per heavy atom. The standard InChI is InChI=1S/C28H30F2N4O3/c1-3-37-28(36)23-15-20-6-4-10-31-25(20)27(32-23)34-11-5-7-19-14-21(22(26(29)30)16-24(19)34)18-8-12-33(13-9-18)17(2)35/h4,6,10,14-16,18,26H,3,5,7-9,11-13H2,1-2H3. The van der Waals surface area contributed by atoms with Crippen LogP contribution in [-0.4, -0.2) is 53.0 Å². The second kappa shape index (κ2) is 10.4. The van der Waals surface area contributed by atoms with Crippen LogP contribution in [0.4, 0.5) is 20.3 Å². The Hall–Kier alpha value is -3.62. The smallest absolute Gasteiger partial charge is 0.357 e. The van der Waals surface area contributed by atoms with Gasteiger partial charge >= 0.3 is 5.97 Å². The molecule has 1 fully saturated rings. The number of hydrogen-bond acceptors (Lipinski definition) is 6. The maximum Gasteiger partial charge on any atom is 0.357 e. The fraction of sp³-hybridized carbons (Fsp3) is 0.429. The lowest BCUT2D eigenvalue weighted by Crippen LogP contribution is -2.36. The van der Waals surface area contributed by atoms with Gasteiger partial charge in [-0.05, 0) is 67.9 Å². The Balaban J connectivity index is 1.58. The first-order valence-corrected chi connectivity index (χ1v) is 12.8. The predicted octanol–water partition coefficient (Wildman–Crippen LogP) is 5.55. The number of rotatable bonds is 5. The largest absolute Gasteiger partial charge is 0.461 e. The van der Waals surface area contributed by atoms with E-state index < -0.39 is 12.4 Å². The molecular weight excluding hydrogens is 478 g/mol. The van der Waals surface area contributed by atoms with Crippen LogP contribution in [0.1, 0.15) is 72.6 Å². The average Bonchev–Trinajstić information content (AvgIpc) is 2.91. The minimum atomic E-state index is -2.64. The minimum Gasteiger partial charge on any atom is -0.461 e. The highest BCUT2D eigenvalue weighted by molar-refractivity contribution is 5.98. The van der Waals surface area contributed by atoms with Gasteiger partial charge in [-0.1, -0.05) is 12.1 Å². The molecule has 1 aromatic carbocycles. The van der Waals surface area contributed by atoms with Crippen LogP contribution in [-0.2, 0) is 16.0 Å². The van der Waals surface area contributed by atoms with Crippen LogP contribution in [0.5, 0.6) is 0 Å². The fourth-order valence-corrected chi connectivity index (χ4v) is 5.50. The normalized spacial score (nSPS) is 16.2. The average molecular weight is 509 g/mol. The van der Waals surface area contributed by atoms with E-state index in [9.17, 15) is 18.4 Å². The van der Waals surface area contributed by atoms with Crippen molar-refractivity contribution in [1.82, 2.24) is 14.9 Å². The number of anilines is 2. The second-order valence-corrected chi connectivity index (χ2v) is 9.57. The van der Waals surface area contributed by atoms with Crippen molar-refractivity contribution in [2.45, 2.75) is 51.9 Å². The quantitative estimate of drug-likeness (QED) is 0.421. The van der Waals surface area contributed by atoms with E-state index in [1.54, 1.807) is 43.1 Å². The molecule has 0 radical (unpaired) electrons. The number of ether oxygens (including phenoxy) is 1. The number of esters is 1. The number of benzene rings is 1. The SMILES string of the molecule is CCOC(=O)c1cc2cccnc2c(N2CCCc3cc(C4CCN(C(C)=O)CC4)c(C(F)F)cc32)n1. The van der Waals surface area contributed by atoms with E-state index >= 15 is 0 Å². The van der Waals surface area contributed by atoms with Crippen LogP contribution < -0.4 is 4.90 Å². The molecule has 2 aromatic heterocycles. The molecule has 0 N–H and O–H groups in total. The summed E-state index contributed by atoms with van der Waals surface area (Å²) in [6, 6.07) is 8.81. The number of pyridine rings is 2. The molecule has 2 aliphatic rings. The van der Waals surface area contributed by atoms with Gasteiger partial charge in [0.1, 0.15) is 5.52 Å². The molecule has 194 valence electrons. The zero-order chi connectivity index (χ0) is 26.1. The maximum absolute atomic E-state index is 14.4. The van der Waals surface area contributed by atoms with Crippen molar-refractivity contribution in [1.29, 1.82) is 0 Å².